The summed E-state index contributed by atoms with van der Waals surface area (Å²) in [6.07, 6.45) is 0. The Morgan fingerprint density at radius 2 is 1.70 bits per heavy atom. The fourth-order valence-corrected chi connectivity index (χ4v) is 5.27. The quantitative estimate of drug-likeness (QED) is 0.159. The minimum absolute atomic E-state index is 0.000492. The van der Waals surface area contributed by atoms with Crippen molar-refractivity contribution in [2.75, 3.05) is 0 Å². The molecule has 0 saturated heterocycles. The number of nitro groups is 1. The van der Waals surface area contributed by atoms with Crippen molar-refractivity contribution < 1.29 is 14.5 Å². The molecule has 0 aliphatic rings. The smallest absolute Gasteiger partial charge is 0.339 e. The van der Waals surface area contributed by atoms with Gasteiger partial charge in [0, 0.05) is 40.1 Å². The summed E-state index contributed by atoms with van der Waals surface area (Å²) in [5.41, 5.74) is 0.240. The molecule has 0 saturated carbocycles. The molecule has 0 N–H and O–H groups in total. The molecule has 0 aliphatic carbocycles. The Balaban J connectivity index is 1.59. The molecule has 0 aliphatic heterocycles. The number of thiophene rings is 1. The number of carbonyl (C=O) groups is 1. The second-order valence-electron chi connectivity index (χ2n) is 7.41. The predicted molar refractivity (Wildman–Crippen MR) is 119 cm³/mol. The van der Waals surface area contributed by atoms with Gasteiger partial charge >= 0.3 is 5.97 Å². The van der Waals surface area contributed by atoms with Crippen LogP contribution >= 0.6 is 10.5 Å². The largest absolute Gasteiger partial charge is 0.451 e. The van der Waals surface area contributed by atoms with Gasteiger partial charge in [-0.15, -0.1) is 0 Å². The van der Waals surface area contributed by atoms with Crippen LogP contribution in [0.15, 0.2) is 84.2 Å². The van der Waals surface area contributed by atoms with Gasteiger partial charge in [-0.1, -0.05) is 18.2 Å². The van der Waals surface area contributed by atoms with Crippen LogP contribution in [-0.2, 0) is 10.3 Å². The average molecular weight is 418 g/mol. The molecular formula is C24H20NO4S+. The monoisotopic (exact) mass is 418 g/mol. The number of non-ortho nitro benzene ring substituents is 1. The molecule has 1 atom stereocenters. The van der Waals surface area contributed by atoms with E-state index < -0.39 is 16.5 Å². The van der Waals surface area contributed by atoms with E-state index in [1.807, 2.05) is 30.3 Å². The Kier molecular flexibility index (Phi) is 5.10. The van der Waals surface area contributed by atoms with E-state index in [-0.39, 0.29) is 16.2 Å². The molecule has 1 heterocycles. The van der Waals surface area contributed by atoms with Gasteiger partial charge in [0.25, 0.3) is 5.69 Å². The van der Waals surface area contributed by atoms with Crippen LogP contribution in [0.4, 0.5) is 5.69 Å². The zero-order valence-electron chi connectivity index (χ0n) is 16.6. The number of ether oxygens (including phenoxy) is 1. The molecular weight excluding hydrogens is 398 g/mol. The van der Waals surface area contributed by atoms with Gasteiger partial charge in [-0.2, -0.15) is 0 Å². The molecule has 30 heavy (non-hydrogen) atoms. The SMILES string of the molecule is CC(C)(OC(=O)c1cccc(-[s+]2ccc3ccccc32)c1)c1ccc([N+](=O)[O-])cc1. The van der Waals surface area contributed by atoms with E-state index in [0.29, 0.717) is 11.1 Å². The minimum atomic E-state index is -0.926. The lowest BCUT2D eigenvalue weighted by atomic mass is 9.97. The van der Waals surface area contributed by atoms with Crippen molar-refractivity contribution >= 4 is 32.2 Å². The van der Waals surface area contributed by atoms with Gasteiger partial charge in [-0.25, -0.2) is 4.79 Å². The van der Waals surface area contributed by atoms with Crippen molar-refractivity contribution in [3.05, 3.63) is 105 Å². The molecule has 1 aromatic heterocycles. The van der Waals surface area contributed by atoms with Crippen LogP contribution in [0.5, 0.6) is 0 Å². The normalized spacial score (nSPS) is 12.0. The molecule has 0 bridgehead atoms. The van der Waals surface area contributed by atoms with Gasteiger partial charge in [-0.3, -0.25) is 10.1 Å². The molecule has 0 amide bonds. The highest BCUT2D eigenvalue weighted by molar-refractivity contribution is 7.43. The molecule has 4 aromatic rings. The maximum atomic E-state index is 12.9. The first-order valence-electron chi connectivity index (χ1n) is 9.44. The third kappa shape index (κ3) is 3.82. The molecule has 0 spiro atoms. The highest BCUT2D eigenvalue weighted by atomic mass is 32.2. The van der Waals surface area contributed by atoms with Crippen LogP contribution in [0, 0.1) is 10.1 Å². The molecule has 1 unspecified atom stereocenters. The second kappa shape index (κ2) is 7.72. The Hall–Kier alpha value is -3.51. The van der Waals surface area contributed by atoms with Crippen molar-refractivity contribution in [2.45, 2.75) is 19.4 Å². The molecule has 6 heteroatoms. The lowest BCUT2D eigenvalue weighted by Gasteiger charge is -2.25. The fraction of sp³-hybridized carbons (Fsp3) is 0.125. The molecule has 3 aromatic carbocycles. The van der Waals surface area contributed by atoms with Crippen LogP contribution < -0.4 is 0 Å². The number of nitro benzene ring substituents is 1. The lowest BCUT2D eigenvalue weighted by Crippen LogP contribution is -2.25. The van der Waals surface area contributed by atoms with Crippen molar-refractivity contribution in [2.24, 2.45) is 0 Å². The number of esters is 1. The highest BCUT2D eigenvalue weighted by Crippen LogP contribution is 2.40. The number of benzene rings is 3. The number of hydrogen-bond acceptors (Lipinski definition) is 4. The number of fused-ring (bicyclic) bond motifs is 1. The maximum Gasteiger partial charge on any atom is 0.339 e. The number of hydrogen-bond donors (Lipinski definition) is 0. The Labute approximate surface area is 176 Å². The summed E-state index contributed by atoms with van der Waals surface area (Å²) in [7, 11) is -0.211. The van der Waals surface area contributed by atoms with E-state index >= 15 is 0 Å². The summed E-state index contributed by atoms with van der Waals surface area (Å²) in [6.45, 7) is 3.54. The molecule has 4 rings (SSSR count). The third-order valence-electron chi connectivity index (χ3n) is 4.98. The first kappa shape index (κ1) is 19.8. The molecule has 0 radical (unpaired) electrons. The Morgan fingerprint density at radius 3 is 2.43 bits per heavy atom. The standard InChI is InChI=1S/C24H20NO4S/c1-24(2,19-10-12-20(13-11-19)25(27)28)29-23(26)18-7-5-8-21(16-18)30-15-14-17-6-3-4-9-22(17)30/h3-16H,1-2H3/q+1. The van der Waals surface area contributed by atoms with Gasteiger partial charge in [-0.05, 0) is 55.8 Å². The van der Waals surface area contributed by atoms with E-state index in [1.54, 1.807) is 32.0 Å². The first-order chi connectivity index (χ1) is 14.3. The van der Waals surface area contributed by atoms with Gasteiger partial charge < -0.3 is 4.74 Å². The Morgan fingerprint density at radius 1 is 0.967 bits per heavy atom. The summed E-state index contributed by atoms with van der Waals surface area (Å²) in [6, 6.07) is 23.9. The summed E-state index contributed by atoms with van der Waals surface area (Å²) >= 11 is 0. The number of nitrogens with zero attached hydrogens (tertiary/aromatic N) is 1. The first-order valence-corrected chi connectivity index (χ1v) is 10.7. The van der Waals surface area contributed by atoms with E-state index in [4.69, 9.17) is 4.74 Å². The van der Waals surface area contributed by atoms with Crippen molar-refractivity contribution in [1.82, 2.24) is 0 Å². The van der Waals surface area contributed by atoms with Crippen molar-refractivity contribution in [3.8, 4) is 4.90 Å². The van der Waals surface area contributed by atoms with E-state index in [0.717, 1.165) is 4.90 Å². The predicted octanol–water partition coefficient (Wildman–Crippen LogP) is 6.58. The van der Waals surface area contributed by atoms with Crippen LogP contribution in [0.25, 0.3) is 15.0 Å². The summed E-state index contributed by atoms with van der Waals surface area (Å²) in [5.74, 6) is -0.430. The topological polar surface area (TPSA) is 69.4 Å². The van der Waals surface area contributed by atoms with Crippen LogP contribution in [0.2, 0.25) is 0 Å². The summed E-state index contributed by atoms with van der Waals surface area (Å²) in [4.78, 5) is 24.3. The van der Waals surface area contributed by atoms with Crippen molar-refractivity contribution in [3.63, 3.8) is 0 Å². The van der Waals surface area contributed by atoms with Crippen LogP contribution in [0.3, 0.4) is 0 Å². The summed E-state index contributed by atoms with van der Waals surface area (Å²) < 4.78 is 7.02. The molecule has 5 nitrogen and oxygen atoms in total. The van der Waals surface area contributed by atoms with Crippen LogP contribution in [-0.4, -0.2) is 10.9 Å². The highest BCUT2D eigenvalue weighted by Gasteiger charge is 2.27. The zero-order chi connectivity index (χ0) is 21.3. The lowest BCUT2D eigenvalue weighted by molar-refractivity contribution is -0.384. The second-order valence-corrected chi connectivity index (χ2v) is 9.27. The fourth-order valence-electron chi connectivity index (χ4n) is 3.33. The molecule has 0 fully saturated rings. The van der Waals surface area contributed by atoms with Gasteiger partial charge in [0.05, 0.1) is 10.5 Å². The average Bonchev–Trinajstić information content (AvgIpc) is 3.18. The van der Waals surface area contributed by atoms with E-state index in [2.05, 4.69) is 23.6 Å². The Bertz CT molecular complexity index is 1240. The van der Waals surface area contributed by atoms with Gasteiger partial charge in [0.15, 0.2) is 9.60 Å². The van der Waals surface area contributed by atoms with E-state index in [9.17, 15) is 14.9 Å². The number of carbonyl (C=O) groups excluding carboxylic acids is 1. The zero-order valence-corrected chi connectivity index (χ0v) is 17.4. The maximum absolute atomic E-state index is 12.9. The van der Waals surface area contributed by atoms with Gasteiger partial charge in [0.2, 0.25) is 0 Å². The van der Waals surface area contributed by atoms with Crippen LogP contribution in [0.1, 0.15) is 29.8 Å². The van der Waals surface area contributed by atoms with E-state index in [1.165, 1.54) is 22.2 Å². The summed E-state index contributed by atoms with van der Waals surface area (Å²) in [5, 5.41) is 14.2. The molecule has 150 valence electrons. The van der Waals surface area contributed by atoms with Gasteiger partial charge in [0.1, 0.15) is 11.0 Å². The third-order valence-corrected chi connectivity index (χ3v) is 7.00. The van der Waals surface area contributed by atoms with Crippen molar-refractivity contribution in [1.29, 1.82) is 0 Å². The minimum Gasteiger partial charge on any atom is -0.451 e. The number of rotatable bonds is 5.